The van der Waals surface area contributed by atoms with Gasteiger partial charge >= 0.3 is 6.09 Å². The molecule has 192 valence electrons. The van der Waals surface area contributed by atoms with Crippen LogP contribution in [0.2, 0.25) is 0 Å². The number of carbonyl (C=O) groups excluding carboxylic acids is 1. The zero-order valence-corrected chi connectivity index (χ0v) is 20.4. The average Bonchev–Trinajstić information content (AvgIpc) is 2.82. The number of aliphatic imine (C=N–C) groups is 2. The second kappa shape index (κ2) is 10.8. The summed E-state index contributed by atoms with van der Waals surface area (Å²) in [5.74, 6) is 0.631. The van der Waals surface area contributed by atoms with Crippen LogP contribution in [0.25, 0.3) is 0 Å². The van der Waals surface area contributed by atoms with Crippen molar-refractivity contribution in [2.24, 2.45) is 9.98 Å². The number of para-hydroxylation sites is 4. The molecule has 0 saturated carbocycles. The van der Waals surface area contributed by atoms with E-state index in [1.165, 1.54) is 4.90 Å². The van der Waals surface area contributed by atoms with Gasteiger partial charge < -0.3 is 30.7 Å². The fourth-order valence-corrected chi connectivity index (χ4v) is 3.59. The van der Waals surface area contributed by atoms with Crippen molar-refractivity contribution in [2.75, 3.05) is 36.8 Å². The normalized spacial score (nSPS) is 20.8. The molecule has 0 spiro atoms. The molecule has 13 heteroatoms. The largest absolute Gasteiger partial charge is 0.603 e. The summed E-state index contributed by atoms with van der Waals surface area (Å²) in [6.07, 6.45) is -0.500. The molecule has 2 aliphatic rings. The minimum atomic E-state index is -0.668. The van der Waals surface area contributed by atoms with E-state index >= 15 is 0 Å². The van der Waals surface area contributed by atoms with Gasteiger partial charge in [-0.1, -0.05) is 24.3 Å². The predicted molar refractivity (Wildman–Crippen MR) is 137 cm³/mol. The first kappa shape index (κ1) is 25.2. The van der Waals surface area contributed by atoms with Crippen LogP contribution in [0, 0.1) is 10.4 Å². The number of hydrogen-bond acceptors (Lipinski definition) is 6. The van der Waals surface area contributed by atoms with Crippen LogP contribution in [-0.4, -0.2) is 54.7 Å². The smallest absolute Gasteiger partial charge is 0.410 e. The number of anilines is 2. The first-order valence-electron chi connectivity index (χ1n) is 11.6. The number of amides is 1. The van der Waals surface area contributed by atoms with E-state index in [-0.39, 0.29) is 36.5 Å². The molecule has 2 atom stereocenters. The summed E-state index contributed by atoms with van der Waals surface area (Å²) in [5, 5.41) is 30.2. The highest BCUT2D eigenvalue weighted by Crippen LogP contribution is 2.19. The number of carbonyl (C=O) groups is 1. The van der Waals surface area contributed by atoms with Crippen LogP contribution < -0.4 is 31.8 Å². The number of nitrogens with one attached hydrogen (secondary N) is 6. The Morgan fingerprint density at radius 2 is 1.31 bits per heavy atom. The topological polar surface area (TPSA) is 157 Å². The monoisotopic (exact) mass is 497 g/mol. The molecule has 2 aromatic carbocycles. The lowest BCUT2D eigenvalue weighted by Crippen LogP contribution is -3.11. The number of quaternary nitrogens is 2. The molecule has 0 bridgehead atoms. The van der Waals surface area contributed by atoms with Gasteiger partial charge in [-0.25, -0.2) is 25.1 Å². The van der Waals surface area contributed by atoms with Gasteiger partial charge in [-0.3, -0.25) is 0 Å². The molecular formula is C23H31N9O4. The van der Waals surface area contributed by atoms with E-state index in [9.17, 15) is 15.2 Å². The van der Waals surface area contributed by atoms with Gasteiger partial charge in [-0.05, 0) is 32.9 Å². The maximum absolute atomic E-state index is 12.8. The van der Waals surface area contributed by atoms with Gasteiger partial charge in [0.05, 0.1) is 13.1 Å². The van der Waals surface area contributed by atoms with E-state index in [4.69, 9.17) is 4.74 Å². The van der Waals surface area contributed by atoms with E-state index < -0.39 is 11.7 Å². The molecule has 0 aromatic heterocycles. The Morgan fingerprint density at radius 1 is 0.861 bits per heavy atom. The fourth-order valence-electron chi connectivity index (χ4n) is 3.59. The number of guanidine groups is 2. The Balaban J connectivity index is 1.38. The lowest BCUT2D eigenvalue weighted by atomic mass is 10.2. The minimum absolute atomic E-state index is 0.225. The summed E-state index contributed by atoms with van der Waals surface area (Å²) in [6, 6.07) is 14.3. The first-order chi connectivity index (χ1) is 17.2. The molecule has 2 aromatic rings. The van der Waals surface area contributed by atoms with Crippen molar-refractivity contribution < 1.29 is 19.9 Å². The van der Waals surface area contributed by atoms with Crippen LogP contribution in [0.5, 0.6) is 0 Å². The molecule has 0 saturated heterocycles. The maximum Gasteiger partial charge on any atom is 0.410 e. The van der Waals surface area contributed by atoms with Gasteiger partial charge in [-0.15, -0.1) is 0 Å². The van der Waals surface area contributed by atoms with Crippen LogP contribution in [0.15, 0.2) is 58.5 Å². The number of benzene rings is 2. The molecule has 4 rings (SSSR count). The molecule has 13 nitrogen and oxygen atoms in total. The number of rotatable bonds is 6. The van der Waals surface area contributed by atoms with E-state index in [2.05, 4.69) is 31.5 Å². The van der Waals surface area contributed by atoms with Crippen molar-refractivity contribution in [1.29, 1.82) is 0 Å². The molecule has 0 aliphatic carbocycles. The van der Waals surface area contributed by atoms with Crippen LogP contribution in [0.1, 0.15) is 20.8 Å². The van der Waals surface area contributed by atoms with Gasteiger partial charge in [0.15, 0.2) is 11.4 Å². The van der Waals surface area contributed by atoms with Gasteiger partial charge in [0.25, 0.3) is 0 Å². The number of fused-ring (bicyclic) bond motifs is 2. The molecular weight excluding hydrogens is 466 g/mol. The summed E-state index contributed by atoms with van der Waals surface area (Å²) >= 11 is 0. The lowest BCUT2D eigenvalue weighted by Gasteiger charge is -2.31. The Hall–Kier alpha value is -3.91. The molecule has 0 fully saturated rings. The summed E-state index contributed by atoms with van der Waals surface area (Å²) in [4.78, 5) is 23.1. The van der Waals surface area contributed by atoms with Gasteiger partial charge in [-0.2, -0.15) is 10.9 Å². The molecule has 6 N–H and O–H groups in total. The maximum atomic E-state index is 12.8. The summed E-state index contributed by atoms with van der Waals surface area (Å²) in [7, 11) is 0. The summed E-state index contributed by atoms with van der Waals surface area (Å²) in [6.45, 7) is 6.31. The van der Waals surface area contributed by atoms with Crippen molar-refractivity contribution in [3.05, 3.63) is 58.9 Å². The van der Waals surface area contributed by atoms with Crippen LogP contribution in [0.4, 0.5) is 27.5 Å². The van der Waals surface area contributed by atoms with Crippen LogP contribution in [-0.2, 0) is 4.74 Å². The SMILES string of the molecule is CC(C)(C)OC(=O)N(CCN=C1Nc2ccccc2[NH+]([O-])N1)CCN=C1Nc2ccccc2[NH+]([O-])N1. The Labute approximate surface area is 208 Å². The Kier molecular flexibility index (Phi) is 7.55. The van der Waals surface area contributed by atoms with Gasteiger partial charge in [0.1, 0.15) is 17.0 Å². The number of nitrogens with zero attached hydrogens (tertiary/aromatic N) is 3. The zero-order valence-electron chi connectivity index (χ0n) is 20.4. The van der Waals surface area contributed by atoms with E-state index in [1.54, 1.807) is 57.2 Å². The molecule has 2 unspecified atom stereocenters. The second-order valence-electron chi connectivity index (χ2n) is 9.18. The van der Waals surface area contributed by atoms with Crippen LogP contribution >= 0.6 is 0 Å². The van der Waals surface area contributed by atoms with Crippen molar-refractivity contribution in [3.8, 4) is 0 Å². The highest BCUT2D eigenvalue weighted by Gasteiger charge is 2.23. The minimum Gasteiger partial charge on any atom is -0.603 e. The third kappa shape index (κ3) is 6.40. The quantitative estimate of drug-likeness (QED) is 0.310. The van der Waals surface area contributed by atoms with Gasteiger partial charge in [0, 0.05) is 25.2 Å². The van der Waals surface area contributed by atoms with E-state index in [1.807, 2.05) is 12.1 Å². The lowest BCUT2D eigenvalue weighted by molar-refractivity contribution is -0.816. The number of hydrogen-bond donors (Lipinski definition) is 6. The van der Waals surface area contributed by atoms with Gasteiger partial charge in [0.2, 0.25) is 11.9 Å². The summed E-state index contributed by atoms with van der Waals surface area (Å²) in [5.41, 5.74) is 7.16. The highest BCUT2D eigenvalue weighted by atomic mass is 16.6. The highest BCUT2D eigenvalue weighted by molar-refractivity contribution is 5.97. The Bertz CT molecular complexity index is 1070. The fraction of sp³-hybridized carbons (Fsp3) is 0.348. The molecule has 0 radical (unpaired) electrons. The van der Waals surface area contributed by atoms with Crippen molar-refractivity contribution >= 4 is 40.8 Å². The third-order valence-corrected chi connectivity index (χ3v) is 5.24. The van der Waals surface area contributed by atoms with Crippen molar-refractivity contribution in [3.63, 3.8) is 0 Å². The predicted octanol–water partition coefficient (Wildman–Crippen LogP) is 0.225. The van der Waals surface area contributed by atoms with Crippen molar-refractivity contribution in [2.45, 2.75) is 26.4 Å². The zero-order chi connectivity index (χ0) is 25.7. The van der Waals surface area contributed by atoms with Crippen LogP contribution in [0.3, 0.4) is 0 Å². The van der Waals surface area contributed by atoms with Crippen molar-refractivity contribution in [1.82, 2.24) is 15.8 Å². The molecule has 2 aliphatic heterocycles. The summed E-state index contributed by atoms with van der Waals surface area (Å²) < 4.78 is 5.53. The standard InChI is InChI=1S/C23H31N9O4/c1-23(2,3)36-22(33)30(14-12-24-20-26-16-8-4-6-10-18(16)31(34)28-20)15-13-25-21-27-17-9-5-7-11-19(17)32(35)29-21/h4-11,31-32H,12-15H2,1-3H3,(H2,24,26,28)(H2,25,27,29). The number of ether oxygens (including phenoxy) is 1. The Morgan fingerprint density at radius 3 is 1.75 bits per heavy atom. The van der Waals surface area contributed by atoms with E-state index in [0.717, 1.165) is 0 Å². The average molecular weight is 498 g/mol. The second-order valence-corrected chi connectivity index (χ2v) is 9.18. The molecule has 36 heavy (non-hydrogen) atoms. The molecule has 1 amide bonds. The molecule has 2 heterocycles. The first-order valence-corrected chi connectivity index (χ1v) is 11.6. The third-order valence-electron chi connectivity index (χ3n) is 5.24. The van der Waals surface area contributed by atoms with E-state index in [0.29, 0.717) is 34.7 Å².